The van der Waals surface area contributed by atoms with E-state index in [0.717, 1.165) is 0 Å². The average Bonchev–Trinajstić information content (AvgIpc) is 2.66. The molecule has 7 nitrogen and oxygen atoms in total. The summed E-state index contributed by atoms with van der Waals surface area (Å²) >= 11 is 5.82. The molecule has 1 aromatic heterocycles. The van der Waals surface area contributed by atoms with E-state index in [-0.39, 0.29) is 28.4 Å². The number of carboxylic acids is 1. The first-order valence-electron chi connectivity index (χ1n) is 6.44. The lowest BCUT2D eigenvalue weighted by Crippen LogP contribution is -2.30. The van der Waals surface area contributed by atoms with Crippen LogP contribution in [0.1, 0.15) is 33.1 Å². The summed E-state index contributed by atoms with van der Waals surface area (Å²) in [7, 11) is -2.23. The van der Waals surface area contributed by atoms with Gasteiger partial charge in [0.2, 0.25) is 0 Å². The first-order valence-corrected chi connectivity index (χ1v) is 8.30. The van der Waals surface area contributed by atoms with Crippen molar-refractivity contribution in [3.05, 3.63) is 11.2 Å². The van der Waals surface area contributed by atoms with Crippen LogP contribution in [-0.2, 0) is 21.9 Å². The molecule has 2 N–H and O–H groups in total. The Kier molecular flexibility index (Phi) is 5.77. The zero-order valence-corrected chi connectivity index (χ0v) is 13.8. The molecule has 0 saturated heterocycles. The number of hydrogen-bond donors (Lipinski definition) is 2. The number of halogens is 1. The molecule has 0 aliphatic rings. The molecule has 0 amide bonds. The van der Waals surface area contributed by atoms with Gasteiger partial charge in [-0.25, -0.2) is 13.1 Å². The number of hydrogen-bond acceptors (Lipinski definition) is 4. The standard InChI is InChI=1S/C12H20ClN3O4S/c1-12(2,5-4-10(17)18)6-7-15-21(19,20)11-9(13)8-14-16(11)3/h8,15H,4-7H2,1-3H3,(H,17,18). The van der Waals surface area contributed by atoms with Crippen LogP contribution in [0.15, 0.2) is 11.2 Å². The highest BCUT2D eigenvalue weighted by molar-refractivity contribution is 7.89. The van der Waals surface area contributed by atoms with Gasteiger partial charge in [0.05, 0.1) is 11.2 Å². The van der Waals surface area contributed by atoms with Crippen molar-refractivity contribution in [2.45, 2.75) is 38.1 Å². The molecule has 1 heterocycles. The topological polar surface area (TPSA) is 101 Å². The maximum atomic E-state index is 12.1. The van der Waals surface area contributed by atoms with Crippen LogP contribution >= 0.6 is 11.6 Å². The molecular formula is C12H20ClN3O4S. The van der Waals surface area contributed by atoms with Crippen molar-refractivity contribution in [2.75, 3.05) is 6.54 Å². The number of aromatic nitrogens is 2. The molecule has 1 aromatic rings. The van der Waals surface area contributed by atoms with Gasteiger partial charge in [-0.1, -0.05) is 25.4 Å². The lowest BCUT2D eigenvalue weighted by molar-refractivity contribution is -0.137. The van der Waals surface area contributed by atoms with E-state index >= 15 is 0 Å². The third-order valence-corrected chi connectivity index (χ3v) is 5.17. The summed E-state index contributed by atoms with van der Waals surface area (Å²) in [6.07, 6.45) is 2.34. The molecule has 0 atom stereocenters. The van der Waals surface area contributed by atoms with E-state index in [1.807, 2.05) is 13.8 Å². The molecule has 0 spiro atoms. The smallest absolute Gasteiger partial charge is 0.303 e. The Morgan fingerprint density at radius 2 is 2.10 bits per heavy atom. The van der Waals surface area contributed by atoms with E-state index in [9.17, 15) is 13.2 Å². The zero-order chi connectivity index (χ0) is 16.3. The number of nitrogens with zero attached hydrogens (tertiary/aromatic N) is 2. The first kappa shape index (κ1) is 17.9. The van der Waals surface area contributed by atoms with Gasteiger partial charge in [-0.05, 0) is 18.3 Å². The van der Waals surface area contributed by atoms with Crippen LogP contribution in [0.3, 0.4) is 0 Å². The number of rotatable bonds is 8. The van der Waals surface area contributed by atoms with E-state index in [1.54, 1.807) is 0 Å². The highest BCUT2D eigenvalue weighted by Gasteiger charge is 2.24. The Morgan fingerprint density at radius 3 is 2.57 bits per heavy atom. The van der Waals surface area contributed by atoms with Crippen LogP contribution in [-0.4, -0.2) is 35.8 Å². The van der Waals surface area contributed by atoms with E-state index in [2.05, 4.69) is 9.82 Å². The van der Waals surface area contributed by atoms with Gasteiger partial charge in [0.1, 0.15) is 0 Å². The third kappa shape index (κ3) is 5.29. The fourth-order valence-corrected chi connectivity index (χ4v) is 3.55. The van der Waals surface area contributed by atoms with Crippen molar-refractivity contribution in [3.8, 4) is 0 Å². The maximum Gasteiger partial charge on any atom is 0.303 e. The fraction of sp³-hybridized carbons (Fsp3) is 0.667. The molecule has 0 aliphatic heterocycles. The number of nitrogens with one attached hydrogen (secondary N) is 1. The van der Waals surface area contributed by atoms with Crippen molar-refractivity contribution >= 4 is 27.6 Å². The largest absolute Gasteiger partial charge is 0.481 e. The molecular weight excluding hydrogens is 318 g/mol. The highest BCUT2D eigenvalue weighted by Crippen LogP contribution is 2.26. The minimum Gasteiger partial charge on any atom is -0.481 e. The van der Waals surface area contributed by atoms with Gasteiger partial charge in [-0.15, -0.1) is 0 Å². The molecule has 120 valence electrons. The summed E-state index contributed by atoms with van der Waals surface area (Å²) in [5, 5.41) is 12.5. The Morgan fingerprint density at radius 1 is 1.48 bits per heavy atom. The summed E-state index contributed by atoms with van der Waals surface area (Å²) in [5.74, 6) is -0.856. The molecule has 9 heteroatoms. The highest BCUT2D eigenvalue weighted by atomic mass is 35.5. The maximum absolute atomic E-state index is 12.1. The van der Waals surface area contributed by atoms with Crippen molar-refractivity contribution in [3.63, 3.8) is 0 Å². The number of carbonyl (C=O) groups is 1. The van der Waals surface area contributed by atoms with Crippen molar-refractivity contribution in [2.24, 2.45) is 12.5 Å². The van der Waals surface area contributed by atoms with Crippen LogP contribution < -0.4 is 4.72 Å². The summed E-state index contributed by atoms with van der Waals surface area (Å²) < 4.78 is 27.9. The molecule has 0 unspecified atom stereocenters. The average molecular weight is 338 g/mol. The molecule has 0 aliphatic carbocycles. The summed E-state index contributed by atoms with van der Waals surface area (Å²) in [6.45, 7) is 4.01. The van der Waals surface area contributed by atoms with Crippen molar-refractivity contribution < 1.29 is 18.3 Å². The van der Waals surface area contributed by atoms with Gasteiger partial charge < -0.3 is 5.11 Å². The van der Waals surface area contributed by atoms with Gasteiger partial charge in [-0.3, -0.25) is 9.48 Å². The third-order valence-electron chi connectivity index (χ3n) is 3.21. The number of aryl methyl sites for hydroxylation is 1. The van der Waals surface area contributed by atoms with E-state index in [4.69, 9.17) is 16.7 Å². The Balaban J connectivity index is 2.61. The van der Waals surface area contributed by atoms with Gasteiger partial charge in [0, 0.05) is 20.0 Å². The lowest BCUT2D eigenvalue weighted by atomic mass is 9.84. The van der Waals surface area contributed by atoms with E-state index in [0.29, 0.717) is 12.8 Å². The van der Waals surface area contributed by atoms with Crippen LogP contribution in [0.4, 0.5) is 0 Å². The first-order chi connectivity index (χ1) is 9.55. The normalized spacial score (nSPS) is 12.6. The molecule has 0 radical (unpaired) electrons. The molecule has 0 saturated carbocycles. The molecule has 0 bridgehead atoms. The predicted molar refractivity (Wildman–Crippen MR) is 78.7 cm³/mol. The van der Waals surface area contributed by atoms with E-state index in [1.165, 1.54) is 17.9 Å². The zero-order valence-electron chi connectivity index (χ0n) is 12.3. The minimum absolute atomic E-state index is 0.0628. The van der Waals surface area contributed by atoms with Gasteiger partial charge in [0.15, 0.2) is 5.03 Å². The lowest BCUT2D eigenvalue weighted by Gasteiger charge is -2.23. The number of sulfonamides is 1. The summed E-state index contributed by atoms with van der Waals surface area (Å²) in [4.78, 5) is 10.6. The summed E-state index contributed by atoms with van der Waals surface area (Å²) in [5.41, 5.74) is -0.267. The van der Waals surface area contributed by atoms with Crippen molar-refractivity contribution in [1.29, 1.82) is 0 Å². The van der Waals surface area contributed by atoms with Crippen LogP contribution in [0, 0.1) is 5.41 Å². The Hall–Kier alpha value is -1.12. The minimum atomic E-state index is -3.73. The second-order valence-electron chi connectivity index (χ2n) is 5.63. The second-order valence-corrected chi connectivity index (χ2v) is 7.72. The quantitative estimate of drug-likeness (QED) is 0.750. The van der Waals surface area contributed by atoms with E-state index < -0.39 is 16.0 Å². The number of carboxylic acid groups (broad SMARTS) is 1. The predicted octanol–water partition coefficient (Wildman–Crippen LogP) is 1.63. The van der Waals surface area contributed by atoms with Gasteiger partial charge in [0.25, 0.3) is 10.0 Å². The molecule has 21 heavy (non-hydrogen) atoms. The summed E-state index contributed by atoms with van der Waals surface area (Å²) in [6, 6.07) is 0. The van der Waals surface area contributed by atoms with Crippen molar-refractivity contribution in [1.82, 2.24) is 14.5 Å². The van der Waals surface area contributed by atoms with Crippen LogP contribution in [0.25, 0.3) is 0 Å². The van der Waals surface area contributed by atoms with Gasteiger partial charge in [-0.2, -0.15) is 5.10 Å². The Labute approximate surface area is 129 Å². The Bertz CT molecular complexity index is 591. The molecule has 1 rings (SSSR count). The number of aliphatic carboxylic acids is 1. The molecule has 0 fully saturated rings. The second kappa shape index (κ2) is 6.76. The monoisotopic (exact) mass is 337 g/mol. The van der Waals surface area contributed by atoms with Crippen LogP contribution in [0.5, 0.6) is 0 Å². The molecule has 0 aromatic carbocycles. The van der Waals surface area contributed by atoms with Gasteiger partial charge >= 0.3 is 5.97 Å². The van der Waals surface area contributed by atoms with Crippen LogP contribution in [0.2, 0.25) is 5.02 Å². The SMILES string of the molecule is Cn1ncc(Cl)c1S(=O)(=O)NCCC(C)(C)CCC(=O)O. The fourth-order valence-electron chi connectivity index (χ4n) is 1.86.